The molecule has 10 nitrogen and oxygen atoms in total. The number of rotatable bonds is 10. The van der Waals surface area contributed by atoms with Crippen LogP contribution in [0.3, 0.4) is 0 Å². The van der Waals surface area contributed by atoms with Gasteiger partial charge in [0.05, 0.1) is 18.6 Å². The van der Waals surface area contributed by atoms with Crippen LogP contribution < -0.4 is 14.8 Å². The van der Waals surface area contributed by atoms with Crippen molar-refractivity contribution in [1.29, 1.82) is 0 Å². The van der Waals surface area contributed by atoms with Gasteiger partial charge in [0.2, 0.25) is 11.8 Å². The topological polar surface area (TPSA) is 120 Å². The van der Waals surface area contributed by atoms with Gasteiger partial charge in [0.1, 0.15) is 11.5 Å². The van der Waals surface area contributed by atoms with Crippen molar-refractivity contribution >= 4 is 27.3 Å². The first kappa shape index (κ1) is 23.4. The monoisotopic (exact) mass is 486 g/mol. The number of nitrogens with one attached hydrogen (secondary N) is 2. The number of anilines is 2. The van der Waals surface area contributed by atoms with E-state index in [2.05, 4.69) is 25.1 Å². The van der Waals surface area contributed by atoms with Crippen LogP contribution in [0.25, 0.3) is 16.8 Å². The Bertz CT molecular complexity index is 1390. The van der Waals surface area contributed by atoms with E-state index in [1.54, 1.807) is 29.0 Å². The molecule has 4 aromatic rings. The maximum absolute atomic E-state index is 13.2. The largest absolute Gasteiger partial charge is 0.480 e. The fourth-order valence-electron chi connectivity index (χ4n) is 3.17. The van der Waals surface area contributed by atoms with Crippen molar-refractivity contribution < 1.29 is 22.3 Å². The zero-order valence-corrected chi connectivity index (χ0v) is 19.3. The highest BCUT2D eigenvalue weighted by molar-refractivity contribution is 7.92. The van der Waals surface area contributed by atoms with E-state index < -0.39 is 15.8 Å². The average Bonchev–Trinajstić information content (AvgIpc) is 3.24. The standard InChI is InChI=1S/C22H23FN6O4S/c1-3-33-11-10-24-22-26-20-9-4-15(14-29(20)27-22)16-12-19(21(32-2)25-13-16)28-34(30,31)18-7-5-17(23)6-8-18/h4-9,12-14,28H,3,10-11H2,1-2H3,(H,24,27). The van der Waals surface area contributed by atoms with Crippen LogP contribution in [0.5, 0.6) is 5.88 Å². The molecule has 0 spiro atoms. The summed E-state index contributed by atoms with van der Waals surface area (Å²) in [6.07, 6.45) is 3.33. The van der Waals surface area contributed by atoms with Gasteiger partial charge >= 0.3 is 0 Å². The molecule has 0 aliphatic carbocycles. The number of sulfonamides is 1. The molecule has 0 amide bonds. The Morgan fingerprint density at radius 1 is 1.12 bits per heavy atom. The van der Waals surface area contributed by atoms with Gasteiger partial charge in [-0.1, -0.05) is 0 Å². The molecule has 178 valence electrons. The van der Waals surface area contributed by atoms with Gasteiger partial charge in [-0.3, -0.25) is 4.72 Å². The van der Waals surface area contributed by atoms with E-state index in [1.165, 1.54) is 19.2 Å². The molecule has 0 bridgehead atoms. The number of halogens is 1. The maximum atomic E-state index is 13.2. The number of nitrogens with zero attached hydrogens (tertiary/aromatic N) is 4. The van der Waals surface area contributed by atoms with E-state index in [-0.39, 0.29) is 16.5 Å². The van der Waals surface area contributed by atoms with Crippen LogP contribution in [-0.2, 0) is 14.8 Å². The second kappa shape index (κ2) is 10.0. The predicted octanol–water partition coefficient (Wildman–Crippen LogP) is 3.19. The molecule has 4 rings (SSSR count). The molecule has 0 saturated carbocycles. The van der Waals surface area contributed by atoms with Gasteiger partial charge in [0.15, 0.2) is 5.65 Å². The summed E-state index contributed by atoms with van der Waals surface area (Å²) in [7, 11) is -2.60. The van der Waals surface area contributed by atoms with E-state index in [0.29, 0.717) is 36.9 Å². The molecule has 2 N–H and O–H groups in total. The highest BCUT2D eigenvalue weighted by Gasteiger charge is 2.18. The molecule has 0 unspecified atom stereocenters. The highest BCUT2D eigenvalue weighted by atomic mass is 32.2. The number of aromatic nitrogens is 4. The van der Waals surface area contributed by atoms with E-state index in [0.717, 1.165) is 17.7 Å². The van der Waals surface area contributed by atoms with Crippen molar-refractivity contribution in [3.05, 3.63) is 60.7 Å². The van der Waals surface area contributed by atoms with E-state index >= 15 is 0 Å². The molecular formula is C22H23FN6O4S. The van der Waals surface area contributed by atoms with Crippen molar-refractivity contribution in [2.45, 2.75) is 11.8 Å². The summed E-state index contributed by atoms with van der Waals surface area (Å²) in [6.45, 7) is 3.70. The van der Waals surface area contributed by atoms with E-state index in [4.69, 9.17) is 9.47 Å². The first-order valence-electron chi connectivity index (χ1n) is 10.4. The summed E-state index contributed by atoms with van der Waals surface area (Å²) in [5.41, 5.74) is 2.14. The van der Waals surface area contributed by atoms with Gasteiger partial charge in [-0.05, 0) is 49.4 Å². The molecular weight excluding hydrogens is 463 g/mol. The fraction of sp³-hybridized carbons (Fsp3) is 0.227. The first-order valence-corrected chi connectivity index (χ1v) is 11.9. The maximum Gasteiger partial charge on any atom is 0.262 e. The molecule has 1 aromatic carbocycles. The van der Waals surface area contributed by atoms with Crippen molar-refractivity contribution in [2.75, 3.05) is 36.9 Å². The second-order valence-corrected chi connectivity index (χ2v) is 8.80. The molecule has 0 atom stereocenters. The SMILES string of the molecule is CCOCCNc1nc2ccc(-c3cnc(OC)c(NS(=O)(=O)c4ccc(F)cc4)c3)cn2n1. The predicted molar refractivity (Wildman–Crippen MR) is 125 cm³/mol. The van der Waals surface area contributed by atoms with Crippen LogP contribution in [0.2, 0.25) is 0 Å². The average molecular weight is 487 g/mol. The summed E-state index contributed by atoms with van der Waals surface area (Å²) >= 11 is 0. The van der Waals surface area contributed by atoms with Crippen molar-refractivity contribution in [3.63, 3.8) is 0 Å². The lowest BCUT2D eigenvalue weighted by Crippen LogP contribution is -2.14. The smallest absolute Gasteiger partial charge is 0.262 e. The molecule has 34 heavy (non-hydrogen) atoms. The summed E-state index contributed by atoms with van der Waals surface area (Å²) in [5.74, 6) is 0.0332. The number of hydrogen-bond acceptors (Lipinski definition) is 8. The van der Waals surface area contributed by atoms with Crippen LogP contribution in [0.4, 0.5) is 16.0 Å². The lowest BCUT2D eigenvalue weighted by molar-refractivity contribution is 0.158. The summed E-state index contributed by atoms with van der Waals surface area (Å²) in [5, 5.41) is 7.51. The number of fused-ring (bicyclic) bond motifs is 1. The van der Waals surface area contributed by atoms with E-state index in [1.807, 2.05) is 13.0 Å². The molecule has 0 aliphatic heterocycles. The van der Waals surface area contributed by atoms with Crippen LogP contribution in [-0.4, -0.2) is 54.9 Å². The lowest BCUT2D eigenvalue weighted by Gasteiger charge is -2.13. The Kier molecular flexibility index (Phi) is 6.89. The zero-order valence-electron chi connectivity index (χ0n) is 18.5. The summed E-state index contributed by atoms with van der Waals surface area (Å²) < 4.78 is 53.4. The number of benzene rings is 1. The third kappa shape index (κ3) is 5.24. The van der Waals surface area contributed by atoms with Crippen LogP contribution >= 0.6 is 0 Å². The molecule has 0 radical (unpaired) electrons. The van der Waals surface area contributed by atoms with Gasteiger partial charge in [0.25, 0.3) is 10.0 Å². The lowest BCUT2D eigenvalue weighted by atomic mass is 10.1. The van der Waals surface area contributed by atoms with Crippen LogP contribution in [0.15, 0.2) is 59.8 Å². The Morgan fingerprint density at radius 3 is 2.65 bits per heavy atom. The highest BCUT2D eigenvalue weighted by Crippen LogP contribution is 2.30. The van der Waals surface area contributed by atoms with Gasteiger partial charge in [-0.2, -0.15) is 4.98 Å². The van der Waals surface area contributed by atoms with Crippen molar-refractivity contribution in [3.8, 4) is 17.0 Å². The minimum absolute atomic E-state index is 0.0882. The molecule has 0 saturated heterocycles. The number of ether oxygens (including phenoxy) is 2. The fourth-order valence-corrected chi connectivity index (χ4v) is 4.22. The van der Waals surface area contributed by atoms with Crippen molar-refractivity contribution in [2.24, 2.45) is 0 Å². The Labute approximate surface area is 195 Å². The van der Waals surface area contributed by atoms with Gasteiger partial charge in [0, 0.05) is 36.7 Å². The third-order valence-electron chi connectivity index (χ3n) is 4.81. The number of hydrogen-bond donors (Lipinski definition) is 2. The summed E-state index contributed by atoms with van der Waals surface area (Å²) in [4.78, 5) is 8.55. The van der Waals surface area contributed by atoms with Gasteiger partial charge in [-0.15, -0.1) is 5.10 Å². The second-order valence-electron chi connectivity index (χ2n) is 7.12. The van der Waals surface area contributed by atoms with Crippen LogP contribution in [0.1, 0.15) is 6.92 Å². The summed E-state index contributed by atoms with van der Waals surface area (Å²) in [6, 6.07) is 9.74. The Morgan fingerprint density at radius 2 is 1.91 bits per heavy atom. The molecule has 0 fully saturated rings. The quantitative estimate of drug-likeness (QED) is 0.328. The van der Waals surface area contributed by atoms with Crippen LogP contribution in [0, 0.1) is 5.82 Å². The van der Waals surface area contributed by atoms with Gasteiger partial charge < -0.3 is 14.8 Å². The molecule has 12 heteroatoms. The third-order valence-corrected chi connectivity index (χ3v) is 6.19. The van der Waals surface area contributed by atoms with E-state index in [9.17, 15) is 12.8 Å². The zero-order chi connectivity index (χ0) is 24.1. The van der Waals surface area contributed by atoms with Gasteiger partial charge in [-0.25, -0.2) is 22.3 Å². The molecule has 0 aliphatic rings. The molecule has 3 heterocycles. The Balaban J connectivity index is 1.61. The minimum Gasteiger partial charge on any atom is -0.480 e. The van der Waals surface area contributed by atoms with Crippen molar-refractivity contribution in [1.82, 2.24) is 19.6 Å². The first-order chi connectivity index (χ1) is 16.4. The number of methoxy groups -OCH3 is 1. The normalized spacial score (nSPS) is 11.5. The Hall–Kier alpha value is -3.77. The number of pyridine rings is 2. The molecule has 3 aromatic heterocycles. The minimum atomic E-state index is -3.99.